The van der Waals surface area contributed by atoms with Gasteiger partial charge in [0, 0.05) is 12.6 Å². The van der Waals surface area contributed by atoms with E-state index in [0.717, 1.165) is 42.9 Å². The van der Waals surface area contributed by atoms with Gasteiger partial charge in [-0.3, -0.25) is 0 Å². The number of nitrogens with one attached hydrogen (secondary N) is 1. The average Bonchev–Trinajstić information content (AvgIpc) is 2.89. The highest BCUT2D eigenvalue weighted by molar-refractivity contribution is 5.41. The van der Waals surface area contributed by atoms with Crippen molar-refractivity contribution in [1.29, 1.82) is 0 Å². The predicted molar refractivity (Wildman–Crippen MR) is 78.5 cm³/mol. The Morgan fingerprint density at radius 3 is 2.90 bits per heavy atom. The third kappa shape index (κ3) is 2.55. The van der Waals surface area contributed by atoms with E-state index < -0.39 is 0 Å². The summed E-state index contributed by atoms with van der Waals surface area (Å²) in [7, 11) is 0. The lowest BCUT2D eigenvalue weighted by Crippen LogP contribution is -2.24. The predicted octanol–water partition coefficient (Wildman–Crippen LogP) is 3.77. The highest BCUT2D eigenvalue weighted by atomic mass is 19.1. The molecule has 1 aliphatic heterocycles. The quantitative estimate of drug-likeness (QED) is 0.919. The molecule has 0 saturated heterocycles. The van der Waals surface area contributed by atoms with E-state index in [-0.39, 0.29) is 11.9 Å². The molecule has 1 atom stereocenters. The van der Waals surface area contributed by atoms with E-state index in [1.165, 1.54) is 18.6 Å². The fraction of sp³-hybridized carbons (Fsp3) is 0.438. The van der Waals surface area contributed by atoms with Crippen LogP contribution in [0.3, 0.4) is 0 Å². The molecule has 1 N–H and O–H groups in total. The smallest absolute Gasteiger partial charge is 0.125 e. The number of halogens is 1. The maximum absolute atomic E-state index is 13.1. The standard InChI is InChI=1S/C16H20FN3/c1-2-3-4-14-11-16-18-10-9-15(20(16)19-14)12-5-7-13(17)8-6-12/h5-8,11,15,18H,2-4,9-10H2,1H3. The molecule has 4 heteroatoms. The minimum atomic E-state index is -0.188. The van der Waals surface area contributed by atoms with Gasteiger partial charge in [0.15, 0.2) is 0 Å². The number of hydrogen-bond acceptors (Lipinski definition) is 2. The second-order valence-electron chi connectivity index (χ2n) is 5.35. The summed E-state index contributed by atoms with van der Waals surface area (Å²) in [4.78, 5) is 0. The highest BCUT2D eigenvalue weighted by Gasteiger charge is 2.22. The first-order valence-electron chi connectivity index (χ1n) is 7.35. The molecule has 2 heterocycles. The fourth-order valence-corrected chi connectivity index (χ4v) is 2.75. The van der Waals surface area contributed by atoms with Gasteiger partial charge in [-0.2, -0.15) is 5.10 Å². The first-order valence-corrected chi connectivity index (χ1v) is 7.35. The van der Waals surface area contributed by atoms with Crippen LogP contribution in [-0.2, 0) is 6.42 Å². The van der Waals surface area contributed by atoms with Crippen molar-refractivity contribution < 1.29 is 4.39 Å². The molecule has 1 aliphatic rings. The van der Waals surface area contributed by atoms with E-state index in [0.29, 0.717) is 0 Å². The Morgan fingerprint density at radius 2 is 2.15 bits per heavy atom. The summed E-state index contributed by atoms with van der Waals surface area (Å²) in [5, 5.41) is 8.13. The van der Waals surface area contributed by atoms with Gasteiger partial charge < -0.3 is 5.32 Å². The number of nitrogens with zero attached hydrogens (tertiary/aromatic N) is 2. The van der Waals surface area contributed by atoms with Gasteiger partial charge in [-0.05, 0) is 37.0 Å². The van der Waals surface area contributed by atoms with Crippen LogP contribution in [0.1, 0.15) is 43.5 Å². The molecular weight excluding hydrogens is 253 g/mol. The van der Waals surface area contributed by atoms with E-state index in [1.54, 1.807) is 0 Å². The van der Waals surface area contributed by atoms with E-state index in [2.05, 4.69) is 23.0 Å². The van der Waals surface area contributed by atoms with Crippen LogP contribution in [0.2, 0.25) is 0 Å². The van der Waals surface area contributed by atoms with Crippen molar-refractivity contribution in [2.45, 2.75) is 38.6 Å². The van der Waals surface area contributed by atoms with Crippen molar-refractivity contribution in [2.75, 3.05) is 11.9 Å². The second kappa shape index (κ2) is 5.65. The van der Waals surface area contributed by atoms with E-state index in [9.17, 15) is 4.39 Å². The van der Waals surface area contributed by atoms with Gasteiger partial charge >= 0.3 is 0 Å². The molecule has 1 aromatic heterocycles. The van der Waals surface area contributed by atoms with E-state index in [1.807, 2.05) is 12.1 Å². The molecule has 3 nitrogen and oxygen atoms in total. The second-order valence-corrected chi connectivity index (χ2v) is 5.35. The number of rotatable bonds is 4. The molecule has 0 radical (unpaired) electrons. The molecule has 1 unspecified atom stereocenters. The summed E-state index contributed by atoms with van der Waals surface area (Å²) in [5.74, 6) is 0.892. The molecule has 0 saturated carbocycles. The SMILES string of the molecule is CCCCc1cc2n(n1)C(c1ccc(F)cc1)CCN2. The molecule has 20 heavy (non-hydrogen) atoms. The molecule has 2 aromatic rings. The molecule has 0 bridgehead atoms. The van der Waals surface area contributed by atoms with Crippen molar-refractivity contribution >= 4 is 5.82 Å². The monoisotopic (exact) mass is 273 g/mol. The first-order chi connectivity index (χ1) is 9.78. The maximum Gasteiger partial charge on any atom is 0.125 e. The molecular formula is C16H20FN3. The average molecular weight is 273 g/mol. The van der Waals surface area contributed by atoms with E-state index >= 15 is 0 Å². The Hall–Kier alpha value is -1.84. The lowest BCUT2D eigenvalue weighted by molar-refractivity contribution is 0.476. The number of fused-ring (bicyclic) bond motifs is 1. The number of unbranched alkanes of at least 4 members (excludes halogenated alkanes) is 1. The molecule has 0 fully saturated rings. The van der Waals surface area contributed by atoms with Gasteiger partial charge in [-0.1, -0.05) is 25.5 Å². The first kappa shape index (κ1) is 13.2. The number of aryl methyl sites for hydroxylation is 1. The third-order valence-corrected chi connectivity index (χ3v) is 3.85. The largest absolute Gasteiger partial charge is 0.370 e. The van der Waals surface area contributed by atoms with Crippen molar-refractivity contribution in [3.05, 3.63) is 47.4 Å². The van der Waals surface area contributed by atoms with Crippen LogP contribution in [-0.4, -0.2) is 16.3 Å². The zero-order chi connectivity index (χ0) is 13.9. The Bertz CT molecular complexity index is 574. The topological polar surface area (TPSA) is 29.9 Å². The molecule has 0 amide bonds. The van der Waals surface area contributed by atoms with E-state index in [4.69, 9.17) is 5.10 Å². The Morgan fingerprint density at radius 1 is 1.35 bits per heavy atom. The Labute approximate surface area is 118 Å². The minimum Gasteiger partial charge on any atom is -0.370 e. The van der Waals surface area contributed by atoms with Crippen molar-refractivity contribution in [3.63, 3.8) is 0 Å². The molecule has 106 valence electrons. The number of anilines is 1. The van der Waals surface area contributed by atoms with Crippen LogP contribution in [0, 0.1) is 5.82 Å². The van der Waals surface area contributed by atoms with Crippen LogP contribution in [0.4, 0.5) is 10.2 Å². The van der Waals surface area contributed by atoms with Crippen molar-refractivity contribution in [2.24, 2.45) is 0 Å². The Kier molecular flexibility index (Phi) is 3.72. The van der Waals surface area contributed by atoms with Crippen LogP contribution in [0.25, 0.3) is 0 Å². The summed E-state index contributed by atoms with van der Waals surface area (Å²) in [6, 6.07) is 9.13. The zero-order valence-corrected chi connectivity index (χ0v) is 11.8. The summed E-state index contributed by atoms with van der Waals surface area (Å²) in [5.41, 5.74) is 2.27. The van der Waals surface area contributed by atoms with Crippen LogP contribution < -0.4 is 5.32 Å². The molecule has 3 rings (SSSR count). The van der Waals surface area contributed by atoms with Crippen molar-refractivity contribution in [1.82, 2.24) is 9.78 Å². The van der Waals surface area contributed by atoms with Gasteiger partial charge in [0.25, 0.3) is 0 Å². The fourth-order valence-electron chi connectivity index (χ4n) is 2.75. The summed E-state index contributed by atoms with van der Waals surface area (Å²) in [6.07, 6.45) is 4.34. The number of hydrogen-bond donors (Lipinski definition) is 1. The normalized spacial score (nSPS) is 17.6. The summed E-state index contributed by atoms with van der Waals surface area (Å²) < 4.78 is 15.1. The van der Waals surface area contributed by atoms with Gasteiger partial charge in [0.1, 0.15) is 11.6 Å². The number of benzene rings is 1. The minimum absolute atomic E-state index is 0.188. The molecule has 0 aliphatic carbocycles. The number of aromatic nitrogens is 2. The lowest BCUT2D eigenvalue weighted by Gasteiger charge is -2.26. The highest BCUT2D eigenvalue weighted by Crippen LogP contribution is 2.30. The zero-order valence-electron chi connectivity index (χ0n) is 11.8. The maximum atomic E-state index is 13.1. The van der Waals surface area contributed by atoms with Crippen LogP contribution >= 0.6 is 0 Å². The van der Waals surface area contributed by atoms with Crippen LogP contribution in [0.15, 0.2) is 30.3 Å². The lowest BCUT2D eigenvalue weighted by atomic mass is 10.0. The summed E-state index contributed by atoms with van der Waals surface area (Å²) >= 11 is 0. The van der Waals surface area contributed by atoms with Crippen molar-refractivity contribution in [3.8, 4) is 0 Å². The van der Waals surface area contributed by atoms with Gasteiger partial charge in [-0.25, -0.2) is 9.07 Å². The molecule has 0 spiro atoms. The summed E-state index contributed by atoms with van der Waals surface area (Å²) in [6.45, 7) is 3.12. The van der Waals surface area contributed by atoms with Crippen LogP contribution in [0.5, 0.6) is 0 Å². The molecule has 1 aromatic carbocycles. The Balaban J connectivity index is 1.89. The van der Waals surface area contributed by atoms with Gasteiger partial charge in [0.2, 0.25) is 0 Å². The van der Waals surface area contributed by atoms with Gasteiger partial charge in [0.05, 0.1) is 11.7 Å². The van der Waals surface area contributed by atoms with Gasteiger partial charge in [-0.15, -0.1) is 0 Å². The third-order valence-electron chi connectivity index (χ3n) is 3.85.